The molecule has 144 valence electrons. The van der Waals surface area contributed by atoms with E-state index in [-0.39, 0.29) is 24.4 Å². The number of benzene rings is 1. The molecule has 3 rings (SSSR count). The fourth-order valence-corrected chi connectivity index (χ4v) is 4.34. The van der Waals surface area contributed by atoms with Gasteiger partial charge in [-0.15, -0.1) is 23.7 Å². The van der Waals surface area contributed by atoms with E-state index in [0.717, 1.165) is 20.9 Å². The number of fused-ring (bicyclic) bond motifs is 1. The van der Waals surface area contributed by atoms with Crippen molar-refractivity contribution in [2.24, 2.45) is 11.1 Å². The van der Waals surface area contributed by atoms with Crippen LogP contribution in [0.15, 0.2) is 18.2 Å². The molecule has 0 spiro atoms. The molecule has 1 heterocycles. The second-order valence-corrected chi connectivity index (χ2v) is 8.75. The minimum absolute atomic E-state index is 0. The zero-order valence-electron chi connectivity index (χ0n) is 16.0. The number of carbonyl (C=O) groups is 1. The molecule has 7 heteroatoms. The van der Waals surface area contributed by atoms with E-state index in [2.05, 4.69) is 24.1 Å². The number of nitrogens with two attached hydrogens (primary N) is 1. The monoisotopic (exact) mass is 397 g/mol. The molecule has 3 N–H and O–H groups in total. The van der Waals surface area contributed by atoms with Gasteiger partial charge in [-0.05, 0) is 25.1 Å². The van der Waals surface area contributed by atoms with Crippen molar-refractivity contribution in [1.29, 1.82) is 0 Å². The van der Waals surface area contributed by atoms with Crippen molar-refractivity contribution in [3.63, 3.8) is 0 Å². The van der Waals surface area contributed by atoms with Crippen LogP contribution in [0.3, 0.4) is 0 Å². The minimum Gasteiger partial charge on any atom is -0.378 e. The Hall–Kier alpha value is -1.21. The molecule has 1 aromatic heterocycles. The van der Waals surface area contributed by atoms with E-state index in [1.807, 2.05) is 39.0 Å². The number of aromatic nitrogens is 1. The van der Waals surface area contributed by atoms with Crippen LogP contribution in [-0.4, -0.2) is 29.1 Å². The molecule has 1 aliphatic rings. The van der Waals surface area contributed by atoms with Gasteiger partial charge >= 0.3 is 0 Å². The Labute approximate surface area is 165 Å². The molecule has 2 atom stereocenters. The number of hydrogen-bond donors (Lipinski definition) is 2. The lowest BCUT2D eigenvalue weighted by Crippen LogP contribution is -2.74. The number of anilines is 1. The third kappa shape index (κ3) is 3.36. The summed E-state index contributed by atoms with van der Waals surface area (Å²) in [6, 6.07) is 5.82. The average molecular weight is 398 g/mol. The van der Waals surface area contributed by atoms with Crippen LogP contribution < -0.4 is 11.1 Å². The molecule has 1 amide bonds. The second-order valence-electron chi connectivity index (χ2n) is 7.68. The number of amides is 1. The first-order chi connectivity index (χ1) is 11.7. The Morgan fingerprint density at radius 3 is 2.73 bits per heavy atom. The normalized spacial score (nSPS) is 24.2. The summed E-state index contributed by atoms with van der Waals surface area (Å²) in [4.78, 5) is 17.5. The first kappa shape index (κ1) is 21.1. The molecule has 26 heavy (non-hydrogen) atoms. The molecule has 0 saturated heterocycles. The van der Waals surface area contributed by atoms with Crippen LogP contribution in [0.2, 0.25) is 0 Å². The van der Waals surface area contributed by atoms with Gasteiger partial charge in [0.15, 0.2) is 0 Å². The van der Waals surface area contributed by atoms with Crippen LogP contribution in [0, 0.1) is 5.41 Å². The summed E-state index contributed by atoms with van der Waals surface area (Å²) in [6.07, 6.45) is 0.561. The zero-order valence-corrected chi connectivity index (χ0v) is 17.6. The highest BCUT2D eigenvalue weighted by atomic mass is 35.5. The van der Waals surface area contributed by atoms with Gasteiger partial charge in [-0.3, -0.25) is 4.79 Å². The van der Waals surface area contributed by atoms with E-state index in [0.29, 0.717) is 18.9 Å². The summed E-state index contributed by atoms with van der Waals surface area (Å²) in [6.45, 7) is 10.8. The first-order valence-electron chi connectivity index (χ1n) is 8.81. The van der Waals surface area contributed by atoms with Crippen molar-refractivity contribution in [2.45, 2.75) is 58.6 Å². The number of ether oxygens (including phenoxy) is 1. The van der Waals surface area contributed by atoms with E-state index < -0.39 is 11.0 Å². The predicted molar refractivity (Wildman–Crippen MR) is 110 cm³/mol. The third-order valence-corrected chi connectivity index (χ3v) is 6.71. The molecule has 0 radical (unpaired) electrons. The van der Waals surface area contributed by atoms with Crippen LogP contribution in [0.5, 0.6) is 0 Å². The Kier molecular flexibility index (Phi) is 6.03. The maximum Gasteiger partial charge on any atom is 0.245 e. The predicted octanol–water partition coefficient (Wildman–Crippen LogP) is 4.31. The number of thiazole rings is 1. The quantitative estimate of drug-likeness (QED) is 0.787. The maximum atomic E-state index is 12.8. The fraction of sp³-hybridized carbons (Fsp3) is 0.579. The van der Waals surface area contributed by atoms with Crippen LogP contribution in [0.4, 0.5) is 5.69 Å². The summed E-state index contributed by atoms with van der Waals surface area (Å²) < 4.78 is 6.78. The highest BCUT2D eigenvalue weighted by Gasteiger charge is 2.62. The van der Waals surface area contributed by atoms with Crippen molar-refractivity contribution < 1.29 is 9.53 Å². The van der Waals surface area contributed by atoms with Gasteiger partial charge in [0.05, 0.1) is 21.3 Å². The van der Waals surface area contributed by atoms with Crippen molar-refractivity contribution in [1.82, 2.24) is 4.98 Å². The van der Waals surface area contributed by atoms with Crippen molar-refractivity contribution in [2.75, 3.05) is 11.9 Å². The van der Waals surface area contributed by atoms with Crippen molar-refractivity contribution in [3.05, 3.63) is 23.2 Å². The molecule has 5 nitrogen and oxygen atoms in total. The minimum atomic E-state index is -0.918. The van der Waals surface area contributed by atoms with Gasteiger partial charge in [0, 0.05) is 30.0 Å². The smallest absolute Gasteiger partial charge is 0.245 e. The summed E-state index contributed by atoms with van der Waals surface area (Å²) in [5, 5.41) is 4.10. The van der Waals surface area contributed by atoms with Gasteiger partial charge in [0.1, 0.15) is 5.54 Å². The number of halogens is 1. The molecule has 0 aliphatic heterocycles. The van der Waals surface area contributed by atoms with E-state index in [1.165, 1.54) is 0 Å². The van der Waals surface area contributed by atoms with Gasteiger partial charge in [-0.2, -0.15) is 0 Å². The highest BCUT2D eigenvalue weighted by molar-refractivity contribution is 7.18. The summed E-state index contributed by atoms with van der Waals surface area (Å²) >= 11 is 1.67. The summed E-state index contributed by atoms with van der Waals surface area (Å²) in [7, 11) is 0. The average Bonchev–Trinajstić information content (AvgIpc) is 2.98. The van der Waals surface area contributed by atoms with Gasteiger partial charge < -0.3 is 15.8 Å². The second kappa shape index (κ2) is 7.43. The number of nitrogens with zero attached hydrogens (tertiary/aromatic N) is 1. The van der Waals surface area contributed by atoms with Gasteiger partial charge in [0.25, 0.3) is 0 Å². The standard InChI is InChI=1S/C19H27N3O2S.ClH/c1-6-24-15-10-19(20,18(15,4)5)17(23)21-12-7-8-13-14(9-12)25-16(22-13)11(2)3;/h7-9,11,15H,6,10,20H2,1-5H3,(H,21,23);1H. The van der Waals surface area contributed by atoms with E-state index in [1.54, 1.807) is 11.3 Å². The largest absolute Gasteiger partial charge is 0.378 e. The molecular formula is C19H28ClN3O2S. The zero-order chi connectivity index (χ0) is 18.4. The van der Waals surface area contributed by atoms with Gasteiger partial charge in [0.2, 0.25) is 5.91 Å². The summed E-state index contributed by atoms with van der Waals surface area (Å²) in [5.41, 5.74) is 6.86. The van der Waals surface area contributed by atoms with Crippen molar-refractivity contribution in [3.8, 4) is 0 Å². The summed E-state index contributed by atoms with van der Waals surface area (Å²) in [5.74, 6) is 0.246. The molecule has 1 aliphatic carbocycles. The molecule has 1 fully saturated rings. The molecule has 2 aromatic rings. The van der Waals surface area contributed by atoms with Gasteiger partial charge in [-0.25, -0.2) is 4.98 Å². The van der Waals surface area contributed by atoms with Crippen molar-refractivity contribution >= 4 is 45.6 Å². The molecule has 2 unspecified atom stereocenters. The lowest BCUT2D eigenvalue weighted by molar-refractivity contribution is -0.166. The van der Waals surface area contributed by atoms with Crippen LogP contribution in [0.25, 0.3) is 10.2 Å². The van der Waals surface area contributed by atoms with Gasteiger partial charge in [-0.1, -0.05) is 27.7 Å². The maximum absolute atomic E-state index is 12.8. The Balaban J connectivity index is 0.00000243. The first-order valence-corrected chi connectivity index (χ1v) is 9.63. The van der Waals surface area contributed by atoms with Crippen LogP contribution >= 0.6 is 23.7 Å². The number of nitrogens with one attached hydrogen (secondary N) is 1. The molecular weight excluding hydrogens is 370 g/mol. The highest BCUT2D eigenvalue weighted by Crippen LogP contribution is 2.50. The number of hydrogen-bond acceptors (Lipinski definition) is 5. The lowest BCUT2D eigenvalue weighted by Gasteiger charge is -2.57. The SMILES string of the molecule is CCOC1CC(N)(C(=O)Nc2ccc3nc(C(C)C)sc3c2)C1(C)C.Cl. The van der Waals surface area contributed by atoms with Crippen LogP contribution in [0.1, 0.15) is 52.0 Å². The Bertz CT molecular complexity index is 805. The van der Waals surface area contributed by atoms with E-state index in [4.69, 9.17) is 10.5 Å². The van der Waals surface area contributed by atoms with E-state index in [9.17, 15) is 4.79 Å². The van der Waals surface area contributed by atoms with Crippen LogP contribution in [-0.2, 0) is 9.53 Å². The Morgan fingerprint density at radius 1 is 1.46 bits per heavy atom. The topological polar surface area (TPSA) is 77.2 Å². The Morgan fingerprint density at radius 2 is 2.15 bits per heavy atom. The molecule has 1 saturated carbocycles. The molecule has 1 aromatic carbocycles. The molecule has 0 bridgehead atoms. The third-order valence-electron chi connectivity index (χ3n) is 5.39. The lowest BCUT2D eigenvalue weighted by atomic mass is 9.54. The number of rotatable bonds is 5. The number of carbonyl (C=O) groups excluding carboxylic acids is 1. The fourth-order valence-electron chi connectivity index (χ4n) is 3.33. The van der Waals surface area contributed by atoms with E-state index >= 15 is 0 Å².